The molecule has 7 heteroatoms. The number of carbonyl (C=O) groups excluding carboxylic acids is 2. The van der Waals surface area contributed by atoms with Crippen molar-refractivity contribution in [2.75, 3.05) is 19.0 Å². The quantitative estimate of drug-likeness (QED) is 0.825. The number of hydrogen-bond acceptors (Lipinski definition) is 5. The molecule has 1 aliphatic heterocycles. The molecule has 1 amide bonds. The van der Waals surface area contributed by atoms with Crippen LogP contribution in [0.1, 0.15) is 33.3 Å². The molecule has 0 spiro atoms. The third-order valence-corrected chi connectivity index (χ3v) is 5.20. The second kappa shape index (κ2) is 8.47. The topological polar surface area (TPSA) is 58.6 Å². The second-order valence-electron chi connectivity index (χ2n) is 5.83. The third-order valence-electron chi connectivity index (χ3n) is 4.06. The zero-order chi connectivity index (χ0) is 17.1. The molecule has 0 atom stereocenters. The van der Waals surface area contributed by atoms with Gasteiger partial charge in [0, 0.05) is 31.4 Å². The predicted molar refractivity (Wildman–Crippen MR) is 101 cm³/mol. The molecule has 1 aromatic carbocycles. The predicted octanol–water partition coefficient (Wildman–Crippen LogP) is 3.47. The van der Waals surface area contributed by atoms with E-state index in [-0.39, 0.29) is 24.3 Å². The van der Waals surface area contributed by atoms with Crippen LogP contribution in [0.4, 0.5) is 5.00 Å². The van der Waals surface area contributed by atoms with E-state index in [4.69, 9.17) is 4.74 Å². The van der Waals surface area contributed by atoms with Crippen molar-refractivity contribution in [2.24, 2.45) is 0 Å². The molecule has 1 N–H and O–H groups in total. The van der Waals surface area contributed by atoms with Crippen molar-refractivity contribution >= 4 is 40.6 Å². The zero-order valence-corrected chi connectivity index (χ0v) is 15.8. The first-order valence-corrected chi connectivity index (χ1v) is 8.67. The molecule has 2 aromatic rings. The van der Waals surface area contributed by atoms with Gasteiger partial charge in [0.1, 0.15) is 5.00 Å². The zero-order valence-electron chi connectivity index (χ0n) is 14.2. The maximum absolute atomic E-state index is 12.1. The van der Waals surface area contributed by atoms with Gasteiger partial charge in [-0.25, -0.2) is 4.79 Å². The van der Waals surface area contributed by atoms with Gasteiger partial charge in [0.05, 0.1) is 12.7 Å². The fourth-order valence-electron chi connectivity index (χ4n) is 3.00. The van der Waals surface area contributed by atoms with Crippen LogP contribution in [-0.2, 0) is 29.0 Å². The summed E-state index contributed by atoms with van der Waals surface area (Å²) in [4.78, 5) is 27.0. The monoisotopic (exact) mass is 380 g/mol. The molecule has 0 fully saturated rings. The van der Waals surface area contributed by atoms with E-state index in [1.54, 1.807) is 0 Å². The second-order valence-corrected chi connectivity index (χ2v) is 6.93. The van der Waals surface area contributed by atoms with Crippen LogP contribution in [-0.4, -0.2) is 30.4 Å². The van der Waals surface area contributed by atoms with E-state index in [2.05, 4.69) is 22.3 Å². The van der Waals surface area contributed by atoms with E-state index < -0.39 is 0 Å². The summed E-state index contributed by atoms with van der Waals surface area (Å²) in [6.07, 6.45) is 0.780. The number of benzene rings is 1. The van der Waals surface area contributed by atoms with Crippen molar-refractivity contribution in [3.05, 3.63) is 51.9 Å². The number of fused-ring (bicyclic) bond motifs is 1. The van der Waals surface area contributed by atoms with Crippen LogP contribution >= 0.6 is 23.7 Å². The van der Waals surface area contributed by atoms with Crippen LogP contribution in [0.25, 0.3) is 0 Å². The SMILES string of the molecule is COC(=O)c1c(NC(C)=O)sc2c1CCN(Cc1ccccc1)C2.Cl. The van der Waals surface area contributed by atoms with Crippen molar-refractivity contribution in [1.82, 2.24) is 4.90 Å². The summed E-state index contributed by atoms with van der Waals surface area (Å²) in [5, 5.41) is 3.37. The number of carbonyl (C=O) groups is 2. The maximum Gasteiger partial charge on any atom is 0.341 e. The highest BCUT2D eigenvalue weighted by molar-refractivity contribution is 7.17. The lowest BCUT2D eigenvalue weighted by atomic mass is 10.0. The number of nitrogens with one attached hydrogen (secondary N) is 1. The number of ether oxygens (including phenoxy) is 1. The van der Waals surface area contributed by atoms with E-state index >= 15 is 0 Å². The van der Waals surface area contributed by atoms with Gasteiger partial charge in [-0.05, 0) is 17.5 Å². The summed E-state index contributed by atoms with van der Waals surface area (Å²) < 4.78 is 4.91. The number of rotatable bonds is 4. The van der Waals surface area contributed by atoms with Gasteiger partial charge in [-0.1, -0.05) is 30.3 Å². The van der Waals surface area contributed by atoms with Gasteiger partial charge in [-0.2, -0.15) is 0 Å². The summed E-state index contributed by atoms with van der Waals surface area (Å²) in [7, 11) is 1.37. The number of methoxy groups -OCH3 is 1. The molecule has 5 nitrogen and oxygen atoms in total. The summed E-state index contributed by atoms with van der Waals surface area (Å²) in [5.74, 6) is -0.562. The van der Waals surface area contributed by atoms with Gasteiger partial charge in [0.2, 0.25) is 5.91 Å². The molecule has 0 bridgehead atoms. The highest BCUT2D eigenvalue weighted by Crippen LogP contribution is 2.37. The van der Waals surface area contributed by atoms with E-state index in [1.807, 2.05) is 18.2 Å². The third kappa shape index (κ3) is 4.39. The Morgan fingerprint density at radius 2 is 2.00 bits per heavy atom. The fraction of sp³-hybridized carbons (Fsp3) is 0.333. The Labute approximate surface area is 157 Å². The largest absolute Gasteiger partial charge is 0.465 e. The maximum atomic E-state index is 12.1. The summed E-state index contributed by atoms with van der Waals surface area (Å²) >= 11 is 1.47. The van der Waals surface area contributed by atoms with Gasteiger partial charge in [-0.15, -0.1) is 23.7 Å². The Bertz CT molecular complexity index is 761. The first-order chi connectivity index (χ1) is 11.6. The highest BCUT2D eigenvalue weighted by atomic mass is 35.5. The van der Waals surface area contributed by atoms with E-state index in [9.17, 15) is 9.59 Å². The van der Waals surface area contributed by atoms with Crippen molar-refractivity contribution in [2.45, 2.75) is 26.4 Å². The summed E-state index contributed by atoms with van der Waals surface area (Å²) in [6, 6.07) is 10.3. The summed E-state index contributed by atoms with van der Waals surface area (Å²) in [5.41, 5.74) is 2.81. The van der Waals surface area contributed by atoms with Crippen molar-refractivity contribution < 1.29 is 14.3 Å². The minimum atomic E-state index is -0.382. The average Bonchev–Trinajstić information content (AvgIpc) is 2.91. The van der Waals surface area contributed by atoms with Gasteiger partial charge >= 0.3 is 5.97 Å². The lowest BCUT2D eigenvalue weighted by Gasteiger charge is -2.27. The van der Waals surface area contributed by atoms with Crippen LogP contribution in [0.5, 0.6) is 0 Å². The Morgan fingerprint density at radius 3 is 2.64 bits per heavy atom. The Balaban J connectivity index is 0.00000225. The number of nitrogens with zero attached hydrogens (tertiary/aromatic N) is 1. The molecule has 0 unspecified atom stereocenters. The number of hydrogen-bond donors (Lipinski definition) is 1. The Kier molecular flexibility index (Phi) is 6.58. The van der Waals surface area contributed by atoms with Gasteiger partial charge in [0.15, 0.2) is 0 Å². The molecular formula is C18H21ClN2O3S. The smallest absolute Gasteiger partial charge is 0.341 e. The molecule has 2 heterocycles. The number of thiophene rings is 1. The van der Waals surface area contributed by atoms with Crippen LogP contribution in [0.3, 0.4) is 0 Å². The van der Waals surface area contributed by atoms with Crippen molar-refractivity contribution in [3.63, 3.8) is 0 Å². The van der Waals surface area contributed by atoms with E-state index in [1.165, 1.54) is 30.9 Å². The van der Waals surface area contributed by atoms with Crippen LogP contribution in [0.2, 0.25) is 0 Å². The molecule has 1 aliphatic rings. The molecule has 3 rings (SSSR count). The number of amides is 1. The molecule has 1 aromatic heterocycles. The lowest BCUT2D eigenvalue weighted by molar-refractivity contribution is -0.114. The standard InChI is InChI=1S/C18H20N2O3S.ClH/c1-12(21)19-17-16(18(22)23-2)14-8-9-20(11-15(14)24-17)10-13-6-4-3-5-7-13;/h3-7H,8-11H2,1-2H3,(H,19,21);1H. The van der Waals surface area contributed by atoms with Crippen molar-refractivity contribution in [3.8, 4) is 0 Å². The minimum absolute atomic E-state index is 0. The first kappa shape index (κ1) is 19.4. The Hall–Kier alpha value is -1.89. The molecule has 134 valence electrons. The minimum Gasteiger partial charge on any atom is -0.465 e. The van der Waals surface area contributed by atoms with Crippen LogP contribution in [0, 0.1) is 0 Å². The Morgan fingerprint density at radius 1 is 1.28 bits per heavy atom. The van der Waals surface area contributed by atoms with Gasteiger partial charge in [-0.3, -0.25) is 9.69 Å². The lowest BCUT2D eigenvalue weighted by Crippen LogP contribution is -2.29. The van der Waals surface area contributed by atoms with Gasteiger partial charge in [0.25, 0.3) is 0 Å². The molecule has 0 aliphatic carbocycles. The first-order valence-electron chi connectivity index (χ1n) is 7.85. The fourth-order valence-corrected chi connectivity index (χ4v) is 4.32. The van der Waals surface area contributed by atoms with Crippen LogP contribution < -0.4 is 5.32 Å². The number of anilines is 1. The molecule has 0 saturated carbocycles. The van der Waals surface area contributed by atoms with Gasteiger partial charge < -0.3 is 10.1 Å². The van der Waals surface area contributed by atoms with E-state index in [0.717, 1.165) is 36.5 Å². The summed E-state index contributed by atoms with van der Waals surface area (Å²) in [6.45, 7) is 3.98. The van der Waals surface area contributed by atoms with E-state index in [0.29, 0.717) is 10.6 Å². The van der Waals surface area contributed by atoms with Crippen LogP contribution in [0.15, 0.2) is 30.3 Å². The van der Waals surface area contributed by atoms with Crippen molar-refractivity contribution in [1.29, 1.82) is 0 Å². The average molecular weight is 381 g/mol. The number of halogens is 1. The highest BCUT2D eigenvalue weighted by Gasteiger charge is 2.28. The molecule has 0 saturated heterocycles. The normalized spacial score (nSPS) is 13.5. The molecule has 0 radical (unpaired) electrons. The number of esters is 1. The molecular weight excluding hydrogens is 360 g/mol. The molecule has 25 heavy (non-hydrogen) atoms.